The van der Waals surface area contributed by atoms with E-state index in [2.05, 4.69) is 20.2 Å². The van der Waals surface area contributed by atoms with Crippen LogP contribution in [0.3, 0.4) is 0 Å². The van der Waals surface area contributed by atoms with Crippen molar-refractivity contribution in [2.45, 2.75) is 0 Å². The summed E-state index contributed by atoms with van der Waals surface area (Å²) >= 11 is 0. The van der Waals surface area contributed by atoms with E-state index >= 15 is 0 Å². The number of anilines is 3. The molecular weight excluding hydrogens is 357 g/mol. The maximum atomic E-state index is 13.3. The molecule has 3 aromatic rings. The average Bonchev–Trinajstić information content (AvgIpc) is 2.74. The fourth-order valence-electron chi connectivity index (χ4n) is 3.21. The van der Waals surface area contributed by atoms with Gasteiger partial charge in [0.05, 0.1) is 0 Å². The predicted octanol–water partition coefficient (Wildman–Crippen LogP) is 3.32. The summed E-state index contributed by atoms with van der Waals surface area (Å²) in [6.45, 7) is 2.74. The number of nitrogens with one attached hydrogen (secondary N) is 1. The number of pyridine rings is 2. The van der Waals surface area contributed by atoms with E-state index in [9.17, 15) is 9.18 Å². The summed E-state index contributed by atoms with van der Waals surface area (Å²) in [5, 5.41) is 3.03. The highest BCUT2D eigenvalue weighted by atomic mass is 19.1. The molecule has 1 aliphatic rings. The monoisotopic (exact) mass is 377 g/mol. The van der Waals surface area contributed by atoms with E-state index in [0.717, 1.165) is 18.9 Å². The van der Waals surface area contributed by atoms with Crippen molar-refractivity contribution in [2.75, 3.05) is 36.4 Å². The molecule has 28 heavy (non-hydrogen) atoms. The Bertz CT molecular complexity index is 958. The third kappa shape index (κ3) is 4.09. The summed E-state index contributed by atoms with van der Waals surface area (Å²) in [5.41, 5.74) is 1.14. The molecule has 142 valence electrons. The van der Waals surface area contributed by atoms with Crippen molar-refractivity contribution >= 4 is 23.2 Å². The number of hydrogen-bond acceptors (Lipinski definition) is 5. The number of aromatic nitrogens is 2. The Morgan fingerprint density at radius 2 is 1.79 bits per heavy atom. The number of hydrogen-bond donors (Lipinski definition) is 1. The molecule has 1 aromatic carbocycles. The van der Waals surface area contributed by atoms with Crippen LogP contribution in [0.4, 0.5) is 21.7 Å². The lowest BCUT2D eigenvalue weighted by Crippen LogP contribution is -2.49. The maximum absolute atomic E-state index is 13.3. The second-order valence-electron chi connectivity index (χ2n) is 6.53. The Morgan fingerprint density at radius 1 is 0.929 bits per heavy atom. The van der Waals surface area contributed by atoms with Gasteiger partial charge in [-0.2, -0.15) is 0 Å². The highest BCUT2D eigenvalue weighted by molar-refractivity contribution is 5.95. The fourth-order valence-corrected chi connectivity index (χ4v) is 3.21. The molecule has 1 N–H and O–H groups in total. The van der Waals surface area contributed by atoms with Crippen LogP contribution in [0, 0.1) is 5.82 Å². The SMILES string of the molecule is O=C(c1ccnc(Nc2cccc(F)c2)c1)N1CCN(c2ccccn2)CC1. The summed E-state index contributed by atoms with van der Waals surface area (Å²) in [4.78, 5) is 25.5. The lowest BCUT2D eigenvalue weighted by molar-refractivity contribution is 0.0746. The third-order valence-electron chi connectivity index (χ3n) is 4.64. The molecule has 1 saturated heterocycles. The quantitative estimate of drug-likeness (QED) is 0.756. The Labute approximate surface area is 162 Å². The molecule has 2 aromatic heterocycles. The predicted molar refractivity (Wildman–Crippen MR) is 106 cm³/mol. The number of piperazine rings is 1. The van der Waals surface area contributed by atoms with Gasteiger partial charge in [-0.15, -0.1) is 0 Å². The summed E-state index contributed by atoms with van der Waals surface area (Å²) in [6.07, 6.45) is 3.36. The first-order chi connectivity index (χ1) is 13.7. The summed E-state index contributed by atoms with van der Waals surface area (Å²) < 4.78 is 13.3. The number of benzene rings is 1. The zero-order valence-corrected chi connectivity index (χ0v) is 15.3. The lowest BCUT2D eigenvalue weighted by Gasteiger charge is -2.35. The van der Waals surface area contributed by atoms with Crippen LogP contribution < -0.4 is 10.2 Å². The third-order valence-corrected chi connectivity index (χ3v) is 4.64. The Kier molecular flexibility index (Phi) is 5.14. The Balaban J connectivity index is 1.41. The van der Waals surface area contributed by atoms with Crippen LogP contribution in [0.1, 0.15) is 10.4 Å². The van der Waals surface area contributed by atoms with Crippen molar-refractivity contribution in [2.24, 2.45) is 0 Å². The van der Waals surface area contributed by atoms with Crippen LogP contribution in [-0.4, -0.2) is 47.0 Å². The summed E-state index contributed by atoms with van der Waals surface area (Å²) in [5.74, 6) is 1.07. The van der Waals surface area contributed by atoms with E-state index in [1.807, 2.05) is 23.1 Å². The molecule has 0 radical (unpaired) electrons. The van der Waals surface area contributed by atoms with E-state index in [1.165, 1.54) is 12.1 Å². The number of amides is 1. The molecule has 0 aliphatic carbocycles. The topological polar surface area (TPSA) is 61.4 Å². The van der Waals surface area contributed by atoms with Crippen molar-refractivity contribution < 1.29 is 9.18 Å². The van der Waals surface area contributed by atoms with Crippen molar-refractivity contribution in [3.05, 3.63) is 78.4 Å². The van der Waals surface area contributed by atoms with Gasteiger partial charge in [0.15, 0.2) is 0 Å². The molecule has 6 nitrogen and oxygen atoms in total. The first-order valence-corrected chi connectivity index (χ1v) is 9.13. The molecule has 0 saturated carbocycles. The van der Waals surface area contributed by atoms with Gasteiger partial charge in [0.1, 0.15) is 17.5 Å². The van der Waals surface area contributed by atoms with Crippen LogP contribution in [-0.2, 0) is 0 Å². The van der Waals surface area contributed by atoms with Crippen molar-refractivity contribution in [1.29, 1.82) is 0 Å². The van der Waals surface area contributed by atoms with Gasteiger partial charge in [0, 0.05) is 49.8 Å². The molecule has 0 spiro atoms. The molecule has 1 amide bonds. The van der Waals surface area contributed by atoms with Crippen LogP contribution in [0.25, 0.3) is 0 Å². The van der Waals surface area contributed by atoms with Crippen LogP contribution >= 0.6 is 0 Å². The zero-order chi connectivity index (χ0) is 19.3. The fraction of sp³-hybridized carbons (Fsp3) is 0.190. The van der Waals surface area contributed by atoms with Crippen molar-refractivity contribution in [3.63, 3.8) is 0 Å². The number of rotatable bonds is 4. The second kappa shape index (κ2) is 8.04. The Morgan fingerprint density at radius 3 is 2.54 bits per heavy atom. The molecule has 1 fully saturated rings. The summed E-state index contributed by atoms with van der Waals surface area (Å²) in [6, 6.07) is 15.3. The lowest BCUT2D eigenvalue weighted by atomic mass is 10.2. The normalized spacial score (nSPS) is 14.0. The molecule has 0 unspecified atom stereocenters. The highest BCUT2D eigenvalue weighted by Gasteiger charge is 2.23. The van der Waals surface area contributed by atoms with Gasteiger partial charge in [0.25, 0.3) is 5.91 Å². The van der Waals surface area contributed by atoms with E-state index < -0.39 is 0 Å². The van der Waals surface area contributed by atoms with Crippen molar-refractivity contribution in [1.82, 2.24) is 14.9 Å². The number of carbonyl (C=O) groups excluding carboxylic acids is 1. The van der Waals surface area contributed by atoms with Gasteiger partial charge >= 0.3 is 0 Å². The van der Waals surface area contributed by atoms with Crippen LogP contribution in [0.15, 0.2) is 67.0 Å². The smallest absolute Gasteiger partial charge is 0.254 e. The standard InChI is InChI=1S/C21H20FN5O/c22-17-4-3-5-18(15-17)25-19-14-16(7-9-23-19)21(28)27-12-10-26(11-13-27)20-6-1-2-8-24-20/h1-9,14-15H,10-13H2,(H,23,25). The number of nitrogens with zero attached hydrogens (tertiary/aromatic N) is 4. The van der Waals surface area contributed by atoms with Gasteiger partial charge in [-0.1, -0.05) is 12.1 Å². The zero-order valence-electron chi connectivity index (χ0n) is 15.3. The minimum Gasteiger partial charge on any atom is -0.353 e. The molecule has 4 rings (SSSR count). The van der Waals surface area contributed by atoms with Gasteiger partial charge in [-0.3, -0.25) is 4.79 Å². The average molecular weight is 377 g/mol. The van der Waals surface area contributed by atoms with Crippen LogP contribution in [0.5, 0.6) is 0 Å². The van der Waals surface area contributed by atoms with Crippen molar-refractivity contribution in [3.8, 4) is 0 Å². The van der Waals surface area contributed by atoms with Gasteiger partial charge < -0.3 is 15.1 Å². The minimum atomic E-state index is -0.331. The first kappa shape index (κ1) is 17.9. The second-order valence-corrected chi connectivity index (χ2v) is 6.53. The van der Waals surface area contributed by atoms with Gasteiger partial charge in [0.2, 0.25) is 0 Å². The molecule has 7 heteroatoms. The largest absolute Gasteiger partial charge is 0.353 e. The van der Waals surface area contributed by atoms with Gasteiger partial charge in [-0.05, 0) is 42.5 Å². The first-order valence-electron chi connectivity index (χ1n) is 9.13. The van der Waals surface area contributed by atoms with E-state index in [-0.39, 0.29) is 11.7 Å². The molecule has 0 atom stereocenters. The van der Waals surface area contributed by atoms with Gasteiger partial charge in [-0.25, -0.2) is 14.4 Å². The molecule has 0 bridgehead atoms. The molecular formula is C21H20FN5O. The van der Waals surface area contributed by atoms with E-state index in [4.69, 9.17) is 0 Å². The summed E-state index contributed by atoms with van der Waals surface area (Å²) in [7, 11) is 0. The molecule has 3 heterocycles. The minimum absolute atomic E-state index is 0.0367. The number of carbonyl (C=O) groups is 1. The van der Waals surface area contributed by atoms with E-state index in [0.29, 0.717) is 30.2 Å². The molecule has 1 aliphatic heterocycles. The Hall–Kier alpha value is -3.48. The number of halogens is 1. The highest BCUT2D eigenvalue weighted by Crippen LogP contribution is 2.18. The maximum Gasteiger partial charge on any atom is 0.254 e. The van der Waals surface area contributed by atoms with Crippen LogP contribution in [0.2, 0.25) is 0 Å². The van der Waals surface area contributed by atoms with E-state index in [1.54, 1.807) is 36.7 Å².